The van der Waals surface area contributed by atoms with Crippen molar-refractivity contribution in [1.29, 1.82) is 0 Å². The van der Waals surface area contributed by atoms with Crippen LogP contribution in [0, 0.1) is 5.92 Å². The van der Waals surface area contributed by atoms with Crippen LogP contribution in [0.4, 0.5) is 4.79 Å². The lowest BCUT2D eigenvalue weighted by Gasteiger charge is -2.52. The zero-order valence-electron chi connectivity index (χ0n) is 22.0. The molecule has 0 aromatic carbocycles. The average Bonchev–Trinajstić information content (AvgIpc) is 2.58. The summed E-state index contributed by atoms with van der Waals surface area (Å²) in [5, 5.41) is 14.4. The van der Waals surface area contributed by atoms with Crippen molar-refractivity contribution in [3.05, 3.63) is 11.5 Å². The molecule has 9 nitrogen and oxygen atoms in total. The molecule has 0 spiro atoms. The highest BCUT2D eigenvalue weighted by atomic mass is 16.6. The molecule has 0 saturated heterocycles. The maximum absolute atomic E-state index is 13.6. The third-order valence-corrected chi connectivity index (χ3v) is 4.63. The zero-order valence-corrected chi connectivity index (χ0v) is 22.0. The van der Waals surface area contributed by atoms with Gasteiger partial charge in [0, 0.05) is 0 Å². The summed E-state index contributed by atoms with van der Waals surface area (Å²) in [7, 11) is 0. The summed E-state index contributed by atoms with van der Waals surface area (Å²) < 4.78 is 22.3. The van der Waals surface area contributed by atoms with Gasteiger partial charge in [-0.1, -0.05) is 13.8 Å². The van der Waals surface area contributed by atoms with E-state index in [2.05, 4.69) is 5.32 Å². The average molecular weight is 472 g/mol. The van der Waals surface area contributed by atoms with Gasteiger partial charge >= 0.3 is 12.1 Å². The Bertz CT molecular complexity index is 800. The van der Waals surface area contributed by atoms with E-state index in [0.717, 1.165) is 0 Å². The Morgan fingerprint density at radius 1 is 0.848 bits per heavy atom. The predicted molar refractivity (Wildman–Crippen MR) is 122 cm³/mol. The molecule has 1 aliphatic carbocycles. The van der Waals surface area contributed by atoms with Gasteiger partial charge in [0.15, 0.2) is 11.3 Å². The lowest BCUT2D eigenvalue weighted by Crippen LogP contribution is -2.79. The standard InChI is InChI=1S/C24H41NO8/c1-13(2)23(19(27)32-21(7,8)9,25-20(28)33-22(10,11)12)24(29)17(26)16(30-14(3)4)18(24)31-15(5)6/h13-15,29H,1-12H3,(H,25,28). The zero-order chi connectivity index (χ0) is 26.2. The highest BCUT2D eigenvalue weighted by molar-refractivity contribution is 6.15. The monoisotopic (exact) mass is 471 g/mol. The molecule has 33 heavy (non-hydrogen) atoms. The van der Waals surface area contributed by atoms with Crippen molar-refractivity contribution in [3.63, 3.8) is 0 Å². The molecule has 0 aromatic heterocycles. The van der Waals surface area contributed by atoms with Gasteiger partial charge in [0.05, 0.1) is 12.2 Å². The molecule has 0 saturated carbocycles. The summed E-state index contributed by atoms with van der Waals surface area (Å²) in [6, 6.07) is 0. The van der Waals surface area contributed by atoms with Crippen molar-refractivity contribution in [2.75, 3.05) is 0 Å². The van der Waals surface area contributed by atoms with E-state index in [4.69, 9.17) is 18.9 Å². The Labute approximate surface area is 197 Å². The van der Waals surface area contributed by atoms with Gasteiger partial charge in [0.2, 0.25) is 17.1 Å². The van der Waals surface area contributed by atoms with Gasteiger partial charge in [0.1, 0.15) is 11.2 Å². The fourth-order valence-electron chi connectivity index (χ4n) is 3.46. The summed E-state index contributed by atoms with van der Waals surface area (Å²) in [6.45, 7) is 19.9. The SMILES string of the molecule is CC(C)OC1=C(OC(C)C)C(O)(C(NC(=O)OC(C)(C)C)(C(=O)OC(C)(C)C)C(C)C)C1=O. The number of esters is 1. The summed E-state index contributed by atoms with van der Waals surface area (Å²) in [6.07, 6.45) is -1.85. The number of aliphatic hydroxyl groups is 1. The summed E-state index contributed by atoms with van der Waals surface area (Å²) in [5.41, 5.74) is -6.70. The molecule has 2 unspecified atom stereocenters. The second-order valence-electron chi connectivity index (χ2n) is 11.1. The lowest BCUT2D eigenvalue weighted by molar-refractivity contribution is -0.193. The highest BCUT2D eigenvalue weighted by Gasteiger charge is 2.74. The van der Waals surface area contributed by atoms with Crippen LogP contribution in [0.25, 0.3) is 0 Å². The minimum absolute atomic E-state index is 0.194. The number of rotatable bonds is 8. The number of ether oxygens (including phenoxy) is 4. The van der Waals surface area contributed by atoms with Crippen LogP contribution in [0.2, 0.25) is 0 Å². The number of ketones is 1. The summed E-state index contributed by atoms with van der Waals surface area (Å²) >= 11 is 0. The van der Waals surface area contributed by atoms with E-state index in [1.54, 1.807) is 83.1 Å². The second-order valence-corrected chi connectivity index (χ2v) is 11.1. The largest absolute Gasteiger partial charge is 0.488 e. The van der Waals surface area contributed by atoms with E-state index in [0.29, 0.717) is 0 Å². The Morgan fingerprint density at radius 3 is 1.67 bits per heavy atom. The minimum atomic E-state index is -2.57. The van der Waals surface area contributed by atoms with Gasteiger partial charge in [-0.05, 0) is 75.2 Å². The van der Waals surface area contributed by atoms with E-state index in [1.165, 1.54) is 0 Å². The number of hydrogen-bond acceptors (Lipinski definition) is 8. The van der Waals surface area contributed by atoms with E-state index in [1.807, 2.05) is 0 Å². The van der Waals surface area contributed by atoms with Crippen LogP contribution in [0.3, 0.4) is 0 Å². The molecule has 1 amide bonds. The van der Waals surface area contributed by atoms with Crippen molar-refractivity contribution in [2.45, 2.75) is 118 Å². The number of nitrogens with one attached hydrogen (secondary N) is 1. The Morgan fingerprint density at radius 2 is 1.30 bits per heavy atom. The Hall–Kier alpha value is -2.29. The van der Waals surface area contributed by atoms with Gasteiger partial charge in [-0.25, -0.2) is 9.59 Å². The minimum Gasteiger partial charge on any atom is -0.488 e. The molecule has 190 valence electrons. The van der Waals surface area contributed by atoms with Crippen LogP contribution in [0.5, 0.6) is 0 Å². The van der Waals surface area contributed by atoms with Crippen LogP contribution in [0.1, 0.15) is 83.1 Å². The van der Waals surface area contributed by atoms with Crippen molar-refractivity contribution in [3.8, 4) is 0 Å². The van der Waals surface area contributed by atoms with Crippen LogP contribution >= 0.6 is 0 Å². The maximum atomic E-state index is 13.6. The quantitative estimate of drug-likeness (QED) is 0.515. The fraction of sp³-hybridized carbons (Fsp3) is 0.792. The Balaban J connectivity index is 3.81. The molecule has 0 aromatic rings. The second kappa shape index (κ2) is 9.52. The first kappa shape index (κ1) is 28.7. The van der Waals surface area contributed by atoms with Crippen molar-refractivity contribution in [1.82, 2.24) is 5.32 Å². The first-order chi connectivity index (χ1) is 14.7. The maximum Gasteiger partial charge on any atom is 0.408 e. The molecular weight excluding hydrogens is 430 g/mol. The van der Waals surface area contributed by atoms with Crippen molar-refractivity contribution < 1.29 is 38.4 Å². The van der Waals surface area contributed by atoms with Crippen molar-refractivity contribution >= 4 is 17.8 Å². The van der Waals surface area contributed by atoms with Gasteiger partial charge in [-0.15, -0.1) is 0 Å². The van der Waals surface area contributed by atoms with Crippen LogP contribution in [0.15, 0.2) is 11.5 Å². The number of hydrogen-bond donors (Lipinski definition) is 2. The number of Topliss-reactive ketones (excluding diaryl/α,β-unsaturated/α-hetero) is 1. The molecule has 0 radical (unpaired) electrons. The first-order valence-corrected chi connectivity index (χ1v) is 11.3. The topological polar surface area (TPSA) is 120 Å². The van der Waals surface area contributed by atoms with Crippen LogP contribution < -0.4 is 5.32 Å². The number of alkyl carbamates (subject to hydrolysis) is 1. The van der Waals surface area contributed by atoms with Gasteiger partial charge in [-0.2, -0.15) is 0 Å². The molecule has 9 heteroatoms. The number of carbonyl (C=O) groups is 3. The third-order valence-electron chi connectivity index (χ3n) is 4.63. The van der Waals surface area contributed by atoms with E-state index in [9.17, 15) is 19.5 Å². The lowest BCUT2D eigenvalue weighted by atomic mass is 9.62. The van der Waals surface area contributed by atoms with E-state index >= 15 is 0 Å². The number of carbonyl (C=O) groups excluding carboxylic acids is 3. The van der Waals surface area contributed by atoms with Gasteiger partial charge < -0.3 is 29.4 Å². The van der Waals surface area contributed by atoms with Crippen molar-refractivity contribution in [2.24, 2.45) is 5.92 Å². The molecule has 1 rings (SSSR count). The summed E-state index contributed by atoms with van der Waals surface area (Å²) in [5.74, 6) is -3.13. The molecule has 0 fully saturated rings. The van der Waals surface area contributed by atoms with E-state index in [-0.39, 0.29) is 11.5 Å². The van der Waals surface area contributed by atoms with Gasteiger partial charge in [0.25, 0.3) is 0 Å². The highest BCUT2D eigenvalue weighted by Crippen LogP contribution is 2.49. The number of amides is 1. The summed E-state index contributed by atoms with van der Waals surface area (Å²) in [4.78, 5) is 39.9. The predicted octanol–water partition coefficient (Wildman–Crippen LogP) is 3.62. The molecule has 0 bridgehead atoms. The molecule has 2 atom stereocenters. The third kappa shape index (κ3) is 5.99. The van der Waals surface area contributed by atoms with Crippen LogP contribution in [-0.2, 0) is 28.5 Å². The molecule has 0 heterocycles. The normalized spacial score (nSPS) is 21.0. The molecule has 2 N–H and O–H groups in total. The van der Waals surface area contributed by atoms with E-state index < -0.39 is 58.3 Å². The smallest absolute Gasteiger partial charge is 0.408 e. The first-order valence-electron chi connectivity index (χ1n) is 11.3. The fourth-order valence-corrected chi connectivity index (χ4v) is 3.46. The molecule has 0 aliphatic heterocycles. The molecular formula is C24H41NO8. The van der Waals surface area contributed by atoms with Gasteiger partial charge in [-0.3, -0.25) is 4.79 Å². The molecule has 1 aliphatic rings. The van der Waals surface area contributed by atoms with Crippen LogP contribution in [-0.4, -0.2) is 57.5 Å². The Kier molecular flexibility index (Phi) is 8.29.